The Morgan fingerprint density at radius 2 is 1.91 bits per heavy atom. The van der Waals surface area contributed by atoms with E-state index in [4.69, 9.17) is 0 Å². The predicted molar refractivity (Wildman–Crippen MR) is 48.7 cm³/mol. The number of fused-ring (bicyclic) bond motifs is 1. The van der Waals surface area contributed by atoms with Crippen LogP contribution in [-0.2, 0) is 0 Å². The highest BCUT2D eigenvalue weighted by molar-refractivity contribution is 6.44. The van der Waals surface area contributed by atoms with Crippen molar-refractivity contribution in [2.45, 2.75) is 5.54 Å². The second kappa shape index (κ2) is 2.46. The van der Waals surface area contributed by atoms with Crippen LogP contribution in [0.15, 0.2) is 30.3 Å². The molecule has 1 unspecified atom stereocenters. The molecule has 0 aliphatic heterocycles. The highest BCUT2D eigenvalue weighted by Crippen LogP contribution is 2.31. The lowest BCUT2D eigenvalue weighted by atomic mass is 10.1. The van der Waals surface area contributed by atoms with Crippen LogP contribution >= 0.6 is 0 Å². The Kier molecular flexibility index (Phi) is 1.58. The molecule has 1 aromatic carbocycles. The number of hydrogen-bond acceptors (Lipinski definition) is 0. The van der Waals surface area contributed by atoms with Gasteiger partial charge in [0.1, 0.15) is 0 Å². The molecule has 0 nitrogen and oxygen atoms in total. The fourth-order valence-corrected chi connectivity index (χ4v) is 2.34. The maximum Gasteiger partial charge on any atom is 0.0716 e. The van der Waals surface area contributed by atoms with Crippen molar-refractivity contribution in [1.29, 1.82) is 0 Å². The van der Waals surface area contributed by atoms with Crippen molar-refractivity contribution >= 4 is 25.7 Å². The van der Waals surface area contributed by atoms with E-state index in [9.17, 15) is 0 Å². The van der Waals surface area contributed by atoms with Gasteiger partial charge < -0.3 is 0 Å². The smallest absolute Gasteiger partial charge is 0.0716 e. The topological polar surface area (TPSA) is 0 Å². The Labute approximate surface area is 73.2 Å². The van der Waals surface area contributed by atoms with Gasteiger partial charge in [0.25, 0.3) is 0 Å². The monoisotopic (exact) mass is 170 g/mol. The molecule has 0 saturated carbocycles. The molecule has 2 heteroatoms. The predicted octanol–water partition coefficient (Wildman–Crippen LogP) is 1.42. The lowest BCUT2D eigenvalue weighted by Crippen LogP contribution is -1.90. The van der Waals surface area contributed by atoms with Crippen LogP contribution in [0.1, 0.15) is 16.7 Å². The van der Waals surface area contributed by atoms with E-state index in [0.29, 0.717) is 5.54 Å². The third-order valence-corrected chi connectivity index (χ3v) is 2.83. The molecule has 0 spiro atoms. The normalized spacial score (nSPS) is 21.3. The van der Waals surface area contributed by atoms with Gasteiger partial charge in [-0.15, -0.1) is 0 Å². The van der Waals surface area contributed by atoms with Gasteiger partial charge in [-0.25, -0.2) is 0 Å². The summed E-state index contributed by atoms with van der Waals surface area (Å²) in [4.78, 5) is 0. The van der Waals surface area contributed by atoms with Crippen LogP contribution in [0.25, 0.3) is 5.20 Å². The zero-order valence-corrected chi connectivity index (χ0v) is 7.96. The van der Waals surface area contributed by atoms with Gasteiger partial charge in [0.2, 0.25) is 0 Å². The van der Waals surface area contributed by atoms with E-state index in [1.54, 1.807) is 0 Å². The minimum atomic E-state index is 0.374. The van der Waals surface area contributed by atoms with E-state index in [2.05, 4.69) is 50.8 Å². The quantitative estimate of drug-likeness (QED) is 0.517. The molecule has 0 amide bonds. The average molecular weight is 170 g/mol. The summed E-state index contributed by atoms with van der Waals surface area (Å²) in [6.45, 7) is 0. The first-order valence-corrected chi connectivity index (χ1v) is 4.60. The molecule has 0 saturated heterocycles. The molecule has 1 aliphatic rings. The molecule has 50 valence electrons. The van der Waals surface area contributed by atoms with Crippen LogP contribution in [-0.4, -0.2) is 20.5 Å². The third-order valence-electron chi connectivity index (χ3n) is 1.92. The van der Waals surface area contributed by atoms with E-state index in [-0.39, 0.29) is 0 Å². The summed E-state index contributed by atoms with van der Waals surface area (Å²) in [5.74, 6) is 0. The molecule has 1 aromatic rings. The highest BCUT2D eigenvalue weighted by atomic mass is 28.1. The summed E-state index contributed by atoms with van der Waals surface area (Å²) < 4.78 is 0. The van der Waals surface area contributed by atoms with Gasteiger partial charge in [-0.05, 0) is 16.7 Å². The molecule has 11 heavy (non-hydrogen) atoms. The van der Waals surface area contributed by atoms with Crippen molar-refractivity contribution in [3.8, 4) is 0 Å². The lowest BCUT2D eigenvalue weighted by molar-refractivity contribution is 1.25. The molecular formula is C9H6Si2. The van der Waals surface area contributed by atoms with Gasteiger partial charge in [-0.2, -0.15) is 0 Å². The van der Waals surface area contributed by atoms with Gasteiger partial charge in [-0.1, -0.05) is 35.5 Å². The summed E-state index contributed by atoms with van der Waals surface area (Å²) in [6, 6.07) is 8.37. The molecule has 0 N–H and O–H groups in total. The van der Waals surface area contributed by atoms with E-state index in [0.717, 1.165) is 0 Å². The van der Waals surface area contributed by atoms with E-state index in [1.807, 2.05) is 0 Å². The molecule has 6 radical (unpaired) electrons. The molecule has 1 aliphatic carbocycles. The second-order valence-corrected chi connectivity index (χ2v) is 3.81. The standard InChI is InChI=1S/C9H6Si2/c10-8-5-9(11)7-4-2-1-3-6(7)8/h1-5,8H. The molecule has 2 rings (SSSR count). The van der Waals surface area contributed by atoms with Crippen molar-refractivity contribution in [2.24, 2.45) is 0 Å². The van der Waals surface area contributed by atoms with Crippen molar-refractivity contribution in [2.75, 3.05) is 0 Å². The van der Waals surface area contributed by atoms with E-state index in [1.165, 1.54) is 16.3 Å². The first-order valence-electron chi connectivity index (χ1n) is 3.53. The first-order chi connectivity index (χ1) is 5.29. The summed E-state index contributed by atoms with van der Waals surface area (Å²) >= 11 is 0. The van der Waals surface area contributed by atoms with Crippen LogP contribution < -0.4 is 0 Å². The van der Waals surface area contributed by atoms with Crippen molar-refractivity contribution in [3.05, 3.63) is 41.5 Å². The number of hydrogen-bond donors (Lipinski definition) is 0. The van der Waals surface area contributed by atoms with Gasteiger partial charge in [0.05, 0.1) is 10.2 Å². The average Bonchev–Trinajstić information content (AvgIpc) is 2.30. The fraction of sp³-hybridized carbons (Fsp3) is 0.111. The van der Waals surface area contributed by atoms with Crippen LogP contribution in [0.3, 0.4) is 0 Å². The van der Waals surface area contributed by atoms with Crippen molar-refractivity contribution < 1.29 is 0 Å². The first kappa shape index (κ1) is 7.07. The maximum absolute atomic E-state index is 3.62. The zero-order chi connectivity index (χ0) is 7.84. The molecular weight excluding hydrogens is 164 g/mol. The number of rotatable bonds is 0. The summed E-state index contributed by atoms with van der Waals surface area (Å²) in [6.07, 6.45) is 2.15. The fourth-order valence-electron chi connectivity index (χ4n) is 1.36. The van der Waals surface area contributed by atoms with Crippen LogP contribution in [0.2, 0.25) is 0 Å². The van der Waals surface area contributed by atoms with Crippen LogP contribution in [0.4, 0.5) is 0 Å². The SMILES string of the molecule is [Si]C1=CC([Si])c2ccccc21. The number of allylic oxidation sites excluding steroid dienone is 1. The van der Waals surface area contributed by atoms with E-state index < -0.39 is 0 Å². The Hall–Kier alpha value is -0.606. The Balaban J connectivity index is 2.62. The van der Waals surface area contributed by atoms with Crippen molar-refractivity contribution in [3.63, 3.8) is 0 Å². The molecule has 0 fully saturated rings. The van der Waals surface area contributed by atoms with Gasteiger partial charge in [0.15, 0.2) is 0 Å². The van der Waals surface area contributed by atoms with Gasteiger partial charge >= 0.3 is 0 Å². The Morgan fingerprint density at radius 1 is 1.18 bits per heavy atom. The summed E-state index contributed by atoms with van der Waals surface area (Å²) in [5, 5.41) is 1.18. The lowest BCUT2D eigenvalue weighted by Gasteiger charge is -2.02. The van der Waals surface area contributed by atoms with Crippen molar-refractivity contribution in [1.82, 2.24) is 0 Å². The van der Waals surface area contributed by atoms with E-state index >= 15 is 0 Å². The molecule has 1 atom stereocenters. The zero-order valence-electron chi connectivity index (χ0n) is 5.96. The maximum atomic E-state index is 3.62. The highest BCUT2D eigenvalue weighted by Gasteiger charge is 2.15. The summed E-state index contributed by atoms with van der Waals surface area (Å²) in [5.41, 5.74) is 3.01. The Morgan fingerprint density at radius 3 is 2.64 bits per heavy atom. The molecule has 0 heterocycles. The number of benzene rings is 1. The van der Waals surface area contributed by atoms with Gasteiger partial charge in [-0.3, -0.25) is 0 Å². The van der Waals surface area contributed by atoms with Gasteiger partial charge in [0, 0.05) is 10.2 Å². The van der Waals surface area contributed by atoms with Crippen LogP contribution in [0.5, 0.6) is 0 Å². The molecule has 0 bridgehead atoms. The minimum absolute atomic E-state index is 0.374. The van der Waals surface area contributed by atoms with Crippen LogP contribution in [0, 0.1) is 0 Å². The third kappa shape index (κ3) is 1.02. The largest absolute Gasteiger partial charge is 0.0815 e. The second-order valence-electron chi connectivity index (χ2n) is 2.65. The summed E-state index contributed by atoms with van der Waals surface area (Å²) in [7, 11) is 7.18. The minimum Gasteiger partial charge on any atom is -0.0815 e. The molecule has 0 aromatic heterocycles. The Bertz CT molecular complexity index is 315.